The summed E-state index contributed by atoms with van der Waals surface area (Å²) in [5, 5.41) is 6.22. The van der Waals surface area contributed by atoms with Crippen molar-refractivity contribution < 1.29 is 14.4 Å². The highest BCUT2D eigenvalue weighted by molar-refractivity contribution is 6.30. The van der Waals surface area contributed by atoms with Crippen molar-refractivity contribution in [3.05, 3.63) is 34.9 Å². The van der Waals surface area contributed by atoms with Gasteiger partial charge in [-0.05, 0) is 37.0 Å². The van der Waals surface area contributed by atoms with Crippen LogP contribution in [0.25, 0.3) is 0 Å². The van der Waals surface area contributed by atoms with Gasteiger partial charge in [0.05, 0.1) is 6.04 Å². The zero-order valence-electron chi connectivity index (χ0n) is 14.8. The molecule has 0 bridgehead atoms. The van der Waals surface area contributed by atoms with E-state index in [-0.39, 0.29) is 24.4 Å². The lowest BCUT2D eigenvalue weighted by Gasteiger charge is -2.23. The van der Waals surface area contributed by atoms with E-state index >= 15 is 0 Å². The van der Waals surface area contributed by atoms with Gasteiger partial charge in [-0.2, -0.15) is 0 Å². The summed E-state index contributed by atoms with van der Waals surface area (Å²) in [6, 6.07) is 6.52. The van der Waals surface area contributed by atoms with Crippen LogP contribution < -0.4 is 10.6 Å². The maximum Gasteiger partial charge on any atom is 0.325 e. The lowest BCUT2D eigenvalue weighted by molar-refractivity contribution is -0.135. The Bertz CT molecular complexity index is 656. The normalized spacial score (nSPS) is 17.4. The monoisotopic (exact) mass is 365 g/mol. The van der Waals surface area contributed by atoms with E-state index in [1.807, 2.05) is 32.9 Å². The third-order valence-corrected chi connectivity index (χ3v) is 5.02. The smallest absolute Gasteiger partial charge is 0.325 e. The van der Waals surface area contributed by atoms with Crippen molar-refractivity contribution in [2.75, 3.05) is 6.54 Å². The van der Waals surface area contributed by atoms with Gasteiger partial charge in [0.15, 0.2) is 0 Å². The number of benzene rings is 1. The molecule has 1 fully saturated rings. The molecule has 7 heteroatoms. The third-order valence-electron chi connectivity index (χ3n) is 4.77. The van der Waals surface area contributed by atoms with E-state index in [1.165, 1.54) is 0 Å². The summed E-state index contributed by atoms with van der Waals surface area (Å²) in [7, 11) is 0. The molecule has 1 aliphatic heterocycles. The number of amides is 4. The van der Waals surface area contributed by atoms with Crippen LogP contribution in [-0.4, -0.2) is 34.8 Å². The molecular weight excluding hydrogens is 342 g/mol. The van der Waals surface area contributed by atoms with Crippen LogP contribution >= 0.6 is 11.6 Å². The Kier molecular flexibility index (Phi) is 6.06. The minimum atomic E-state index is -0.891. The van der Waals surface area contributed by atoms with Crippen molar-refractivity contribution in [3.63, 3.8) is 0 Å². The molecule has 0 spiro atoms. The number of halogens is 1. The van der Waals surface area contributed by atoms with Crippen LogP contribution in [0.15, 0.2) is 24.3 Å². The Labute approximate surface area is 152 Å². The van der Waals surface area contributed by atoms with E-state index in [1.54, 1.807) is 12.1 Å². The number of rotatable bonds is 7. The molecule has 1 aromatic rings. The average Bonchev–Trinajstić information content (AvgIpc) is 2.85. The lowest BCUT2D eigenvalue weighted by atomic mass is 9.93. The summed E-state index contributed by atoms with van der Waals surface area (Å²) in [5.74, 6) is -0.703. The Morgan fingerprint density at radius 3 is 2.28 bits per heavy atom. The molecule has 1 aliphatic rings. The van der Waals surface area contributed by atoms with Crippen molar-refractivity contribution in [2.24, 2.45) is 0 Å². The van der Waals surface area contributed by atoms with Crippen molar-refractivity contribution in [3.8, 4) is 0 Å². The second kappa shape index (κ2) is 7.87. The van der Waals surface area contributed by atoms with E-state index < -0.39 is 11.6 Å². The zero-order valence-corrected chi connectivity index (χ0v) is 15.5. The molecule has 0 radical (unpaired) electrons. The first-order valence-electron chi connectivity index (χ1n) is 8.55. The first-order valence-corrected chi connectivity index (χ1v) is 8.93. The van der Waals surface area contributed by atoms with Crippen molar-refractivity contribution in [1.82, 2.24) is 15.5 Å². The van der Waals surface area contributed by atoms with Gasteiger partial charge in [-0.25, -0.2) is 4.79 Å². The molecule has 6 nitrogen and oxygen atoms in total. The quantitative estimate of drug-likeness (QED) is 0.729. The van der Waals surface area contributed by atoms with Crippen LogP contribution in [0.1, 0.15) is 51.6 Å². The van der Waals surface area contributed by atoms with Gasteiger partial charge in [-0.1, -0.05) is 44.5 Å². The van der Waals surface area contributed by atoms with Gasteiger partial charge in [-0.3, -0.25) is 14.5 Å². The number of carbonyl (C=O) groups excluding carboxylic acids is 3. The molecule has 1 unspecified atom stereocenters. The molecule has 0 saturated carbocycles. The molecule has 136 valence electrons. The fourth-order valence-corrected chi connectivity index (χ4v) is 3.17. The van der Waals surface area contributed by atoms with E-state index in [2.05, 4.69) is 10.6 Å². The first-order chi connectivity index (χ1) is 11.9. The number of urea groups is 1. The summed E-state index contributed by atoms with van der Waals surface area (Å²) < 4.78 is 0. The minimum absolute atomic E-state index is 0.201. The number of hydrogen-bond acceptors (Lipinski definition) is 3. The Balaban J connectivity index is 2.05. The van der Waals surface area contributed by atoms with Crippen LogP contribution in [-0.2, 0) is 9.59 Å². The highest BCUT2D eigenvalue weighted by atomic mass is 35.5. The molecule has 0 aliphatic carbocycles. The van der Waals surface area contributed by atoms with Gasteiger partial charge in [0.2, 0.25) is 5.91 Å². The largest absolute Gasteiger partial charge is 0.348 e. The molecular formula is C18H24ClN3O3. The summed E-state index contributed by atoms with van der Waals surface area (Å²) >= 11 is 5.89. The van der Waals surface area contributed by atoms with E-state index in [0.29, 0.717) is 24.3 Å². The molecule has 1 heterocycles. The van der Waals surface area contributed by atoms with Crippen molar-refractivity contribution in [2.45, 2.75) is 51.6 Å². The lowest BCUT2D eigenvalue weighted by Crippen LogP contribution is -2.46. The predicted octanol–water partition coefficient (Wildman–Crippen LogP) is 3.02. The second-order valence-electron chi connectivity index (χ2n) is 6.19. The Morgan fingerprint density at radius 2 is 1.80 bits per heavy atom. The average molecular weight is 366 g/mol. The van der Waals surface area contributed by atoms with E-state index in [0.717, 1.165) is 10.5 Å². The summed E-state index contributed by atoms with van der Waals surface area (Å²) in [5.41, 5.74) is 0.0337. The maximum atomic E-state index is 12.5. The van der Waals surface area contributed by atoms with E-state index in [9.17, 15) is 14.4 Å². The van der Waals surface area contributed by atoms with Gasteiger partial charge in [0, 0.05) is 5.02 Å². The van der Waals surface area contributed by atoms with Gasteiger partial charge < -0.3 is 10.6 Å². The molecule has 25 heavy (non-hydrogen) atoms. The van der Waals surface area contributed by atoms with E-state index in [4.69, 9.17) is 11.6 Å². The van der Waals surface area contributed by atoms with Crippen molar-refractivity contribution in [1.29, 1.82) is 0 Å². The van der Waals surface area contributed by atoms with Crippen LogP contribution in [0.2, 0.25) is 5.02 Å². The van der Waals surface area contributed by atoms with Gasteiger partial charge >= 0.3 is 6.03 Å². The number of carbonyl (C=O) groups is 3. The SMILES string of the molecule is CCC(NC(=O)CN1C(=O)NC(CC)(CC)C1=O)c1ccc(Cl)cc1. The summed E-state index contributed by atoms with van der Waals surface area (Å²) in [6.07, 6.45) is 1.67. The highest BCUT2D eigenvalue weighted by Gasteiger charge is 2.49. The predicted molar refractivity (Wildman–Crippen MR) is 96.2 cm³/mol. The number of nitrogens with one attached hydrogen (secondary N) is 2. The molecule has 4 amide bonds. The topological polar surface area (TPSA) is 78.5 Å². The molecule has 1 atom stereocenters. The summed E-state index contributed by atoms with van der Waals surface area (Å²) in [6.45, 7) is 5.36. The Morgan fingerprint density at radius 1 is 1.20 bits per heavy atom. The first kappa shape index (κ1) is 19.2. The number of hydrogen-bond donors (Lipinski definition) is 2. The number of nitrogens with zero attached hydrogens (tertiary/aromatic N) is 1. The van der Waals surface area contributed by atoms with Crippen molar-refractivity contribution >= 4 is 29.4 Å². The Hall–Kier alpha value is -2.08. The fourth-order valence-electron chi connectivity index (χ4n) is 3.05. The van der Waals surface area contributed by atoms with Gasteiger partial charge in [0.25, 0.3) is 5.91 Å². The van der Waals surface area contributed by atoms with Gasteiger partial charge in [-0.15, -0.1) is 0 Å². The summed E-state index contributed by atoms with van der Waals surface area (Å²) in [4.78, 5) is 38.0. The highest BCUT2D eigenvalue weighted by Crippen LogP contribution is 2.25. The molecule has 1 saturated heterocycles. The molecule has 2 N–H and O–H groups in total. The standard InChI is InChI=1S/C18H24ClN3O3/c1-4-14(12-7-9-13(19)10-8-12)20-15(23)11-22-16(24)18(5-2,6-3)21-17(22)25/h7-10,14H,4-6,11H2,1-3H3,(H,20,23)(H,21,25). The van der Waals surface area contributed by atoms with Crippen LogP contribution in [0, 0.1) is 0 Å². The second-order valence-corrected chi connectivity index (χ2v) is 6.63. The van der Waals surface area contributed by atoms with Crippen LogP contribution in [0.4, 0.5) is 4.79 Å². The molecule has 2 rings (SSSR count). The number of imide groups is 1. The maximum absolute atomic E-state index is 12.5. The molecule has 0 aromatic heterocycles. The molecule has 1 aromatic carbocycles. The zero-order chi connectivity index (χ0) is 18.6. The minimum Gasteiger partial charge on any atom is -0.348 e. The van der Waals surface area contributed by atoms with Crippen LogP contribution in [0.3, 0.4) is 0 Å². The van der Waals surface area contributed by atoms with Crippen LogP contribution in [0.5, 0.6) is 0 Å². The fraction of sp³-hybridized carbons (Fsp3) is 0.500. The third kappa shape index (κ3) is 3.95. The van der Waals surface area contributed by atoms with Gasteiger partial charge in [0.1, 0.15) is 12.1 Å².